The Hall–Kier alpha value is -1.30. The molecule has 118 valence electrons. The summed E-state index contributed by atoms with van der Waals surface area (Å²) in [4.78, 5) is 23.2. The van der Waals surface area contributed by atoms with Crippen molar-refractivity contribution in [3.8, 4) is 0 Å². The number of hydrogen-bond donors (Lipinski definition) is 2. The van der Waals surface area contributed by atoms with Crippen LogP contribution < -0.4 is 10.6 Å². The Labute approximate surface area is 121 Å². The number of rotatable bonds is 9. The van der Waals surface area contributed by atoms with Gasteiger partial charge in [-0.2, -0.15) is 0 Å². The number of amides is 2. The van der Waals surface area contributed by atoms with E-state index in [0.717, 1.165) is 6.42 Å². The third-order valence-electron chi connectivity index (χ3n) is 2.56. The Balaban J connectivity index is 3.97. The Morgan fingerprint density at radius 1 is 1.15 bits per heavy atom. The topological polar surface area (TPSA) is 76.7 Å². The van der Waals surface area contributed by atoms with Gasteiger partial charge >= 0.3 is 12.0 Å². The highest BCUT2D eigenvalue weighted by molar-refractivity contribution is 5.83. The van der Waals surface area contributed by atoms with Crippen molar-refractivity contribution in [1.29, 1.82) is 0 Å². The Bertz CT molecular complexity index is 293. The summed E-state index contributed by atoms with van der Waals surface area (Å²) in [7, 11) is 1.32. The maximum Gasteiger partial charge on any atom is 0.328 e. The minimum atomic E-state index is -0.605. The van der Waals surface area contributed by atoms with Gasteiger partial charge in [0.15, 0.2) is 0 Å². The number of esters is 1. The van der Waals surface area contributed by atoms with Crippen LogP contribution in [0, 0.1) is 5.92 Å². The second kappa shape index (κ2) is 10.5. The van der Waals surface area contributed by atoms with E-state index in [1.54, 1.807) is 0 Å². The van der Waals surface area contributed by atoms with E-state index >= 15 is 0 Å². The minimum Gasteiger partial charge on any atom is -0.467 e. The van der Waals surface area contributed by atoms with Crippen molar-refractivity contribution in [2.45, 2.75) is 52.7 Å². The van der Waals surface area contributed by atoms with Crippen LogP contribution in [0.2, 0.25) is 0 Å². The van der Waals surface area contributed by atoms with E-state index < -0.39 is 12.0 Å². The van der Waals surface area contributed by atoms with E-state index in [1.165, 1.54) is 7.11 Å². The molecule has 2 amide bonds. The van der Waals surface area contributed by atoms with E-state index in [2.05, 4.69) is 15.4 Å². The average Bonchev–Trinajstić information content (AvgIpc) is 2.35. The molecule has 0 aliphatic heterocycles. The zero-order valence-corrected chi connectivity index (χ0v) is 13.2. The third-order valence-corrected chi connectivity index (χ3v) is 2.56. The zero-order valence-electron chi connectivity index (χ0n) is 13.2. The van der Waals surface area contributed by atoms with Crippen molar-refractivity contribution in [1.82, 2.24) is 10.6 Å². The molecule has 6 nitrogen and oxygen atoms in total. The predicted molar refractivity (Wildman–Crippen MR) is 77.5 cm³/mol. The largest absolute Gasteiger partial charge is 0.467 e. The van der Waals surface area contributed by atoms with Crippen LogP contribution in [0.4, 0.5) is 4.79 Å². The van der Waals surface area contributed by atoms with Gasteiger partial charge in [-0.05, 0) is 32.6 Å². The number of nitrogens with one attached hydrogen (secondary N) is 2. The molecule has 0 spiro atoms. The molecule has 20 heavy (non-hydrogen) atoms. The van der Waals surface area contributed by atoms with Gasteiger partial charge in [-0.1, -0.05) is 13.8 Å². The van der Waals surface area contributed by atoms with E-state index in [9.17, 15) is 9.59 Å². The quantitative estimate of drug-likeness (QED) is 0.500. The molecule has 0 aliphatic carbocycles. The number of urea groups is 1. The summed E-state index contributed by atoms with van der Waals surface area (Å²) >= 11 is 0. The highest BCUT2D eigenvalue weighted by atomic mass is 16.5. The second-order valence-corrected chi connectivity index (χ2v) is 5.38. The smallest absolute Gasteiger partial charge is 0.328 e. The predicted octanol–water partition coefficient (Wildman–Crippen LogP) is 1.69. The molecule has 1 unspecified atom stereocenters. The maximum atomic E-state index is 11.7. The van der Waals surface area contributed by atoms with Gasteiger partial charge in [0.1, 0.15) is 6.04 Å². The van der Waals surface area contributed by atoms with Crippen molar-refractivity contribution in [3.63, 3.8) is 0 Å². The molecule has 2 N–H and O–H groups in total. The summed E-state index contributed by atoms with van der Waals surface area (Å²) in [6.07, 6.45) is 1.48. The van der Waals surface area contributed by atoms with Crippen LogP contribution in [0.5, 0.6) is 0 Å². The fourth-order valence-electron chi connectivity index (χ4n) is 1.63. The first-order valence-electron chi connectivity index (χ1n) is 7.10. The molecule has 0 saturated carbocycles. The SMILES string of the molecule is COC(=O)C(CC(C)C)NC(=O)NCCCOC(C)C. The number of methoxy groups -OCH3 is 1. The zero-order chi connectivity index (χ0) is 15.5. The van der Waals surface area contributed by atoms with Gasteiger partial charge in [0.2, 0.25) is 0 Å². The van der Waals surface area contributed by atoms with Gasteiger partial charge in [0.25, 0.3) is 0 Å². The molecule has 0 fully saturated rings. The molecule has 0 heterocycles. The molecule has 6 heteroatoms. The van der Waals surface area contributed by atoms with Crippen LogP contribution in [0.1, 0.15) is 40.5 Å². The average molecular weight is 288 g/mol. The van der Waals surface area contributed by atoms with Gasteiger partial charge in [0, 0.05) is 13.2 Å². The molecule has 1 atom stereocenters. The lowest BCUT2D eigenvalue weighted by atomic mass is 10.0. The standard InChI is InChI=1S/C14H28N2O4/c1-10(2)9-12(13(17)19-5)16-14(18)15-7-6-8-20-11(3)4/h10-12H,6-9H2,1-5H3,(H2,15,16,18). The number of ether oxygens (including phenoxy) is 2. The second-order valence-electron chi connectivity index (χ2n) is 5.38. The summed E-state index contributed by atoms with van der Waals surface area (Å²) in [5, 5.41) is 5.33. The summed E-state index contributed by atoms with van der Waals surface area (Å²) < 4.78 is 10.0. The fraction of sp³-hybridized carbons (Fsp3) is 0.857. The van der Waals surface area contributed by atoms with Gasteiger partial charge in [-0.15, -0.1) is 0 Å². The molecule has 0 aliphatic rings. The molecule has 0 aromatic carbocycles. The van der Waals surface area contributed by atoms with Crippen molar-refractivity contribution < 1.29 is 19.1 Å². The fourth-order valence-corrected chi connectivity index (χ4v) is 1.63. The van der Waals surface area contributed by atoms with Crippen LogP contribution in [-0.2, 0) is 14.3 Å². The molecule has 0 saturated heterocycles. The van der Waals surface area contributed by atoms with Crippen LogP contribution >= 0.6 is 0 Å². The highest BCUT2D eigenvalue weighted by Gasteiger charge is 2.22. The highest BCUT2D eigenvalue weighted by Crippen LogP contribution is 2.06. The van der Waals surface area contributed by atoms with Gasteiger partial charge in [-0.25, -0.2) is 9.59 Å². The lowest BCUT2D eigenvalue weighted by Crippen LogP contribution is -2.47. The summed E-state index contributed by atoms with van der Waals surface area (Å²) in [6, 6.07) is -0.961. The summed E-state index contributed by atoms with van der Waals surface area (Å²) in [5.74, 6) is -0.129. The molecule has 0 bridgehead atoms. The number of carbonyl (C=O) groups is 2. The maximum absolute atomic E-state index is 11.7. The van der Waals surface area contributed by atoms with Crippen molar-refractivity contribution >= 4 is 12.0 Å². The molecular weight excluding hydrogens is 260 g/mol. The monoisotopic (exact) mass is 288 g/mol. The Kier molecular flexibility index (Phi) is 9.80. The minimum absolute atomic E-state index is 0.193. The lowest BCUT2D eigenvalue weighted by Gasteiger charge is -2.18. The normalized spacial score (nSPS) is 12.3. The first kappa shape index (κ1) is 18.7. The van der Waals surface area contributed by atoms with Crippen LogP contribution in [0.15, 0.2) is 0 Å². The third kappa shape index (κ3) is 9.61. The first-order chi connectivity index (χ1) is 9.36. The number of carbonyl (C=O) groups excluding carboxylic acids is 2. The van der Waals surface area contributed by atoms with E-state index in [1.807, 2.05) is 27.7 Å². The van der Waals surface area contributed by atoms with E-state index in [0.29, 0.717) is 25.5 Å². The van der Waals surface area contributed by atoms with Crippen LogP contribution in [-0.4, -0.2) is 44.4 Å². The molecule has 0 radical (unpaired) electrons. The Morgan fingerprint density at radius 3 is 2.30 bits per heavy atom. The number of hydrogen-bond acceptors (Lipinski definition) is 4. The van der Waals surface area contributed by atoms with E-state index in [4.69, 9.17) is 4.74 Å². The van der Waals surface area contributed by atoms with Crippen molar-refractivity contribution in [2.24, 2.45) is 5.92 Å². The summed E-state index contributed by atoms with van der Waals surface area (Å²) in [6.45, 7) is 9.01. The molecule has 0 rings (SSSR count). The molecule has 0 aromatic rings. The Morgan fingerprint density at radius 2 is 1.80 bits per heavy atom. The summed E-state index contributed by atoms with van der Waals surface area (Å²) in [5.41, 5.74) is 0. The van der Waals surface area contributed by atoms with Crippen molar-refractivity contribution in [2.75, 3.05) is 20.3 Å². The van der Waals surface area contributed by atoms with Gasteiger partial charge in [0.05, 0.1) is 13.2 Å². The molecule has 0 aromatic heterocycles. The van der Waals surface area contributed by atoms with Gasteiger partial charge < -0.3 is 20.1 Å². The molecular formula is C14H28N2O4. The first-order valence-corrected chi connectivity index (χ1v) is 7.10. The lowest BCUT2D eigenvalue weighted by molar-refractivity contribution is -0.143. The van der Waals surface area contributed by atoms with E-state index in [-0.39, 0.29) is 12.1 Å². The van der Waals surface area contributed by atoms with Gasteiger partial charge in [-0.3, -0.25) is 0 Å². The van der Waals surface area contributed by atoms with Crippen LogP contribution in [0.25, 0.3) is 0 Å². The van der Waals surface area contributed by atoms with Crippen molar-refractivity contribution in [3.05, 3.63) is 0 Å². The van der Waals surface area contributed by atoms with Crippen LogP contribution in [0.3, 0.4) is 0 Å².